The first kappa shape index (κ1) is 30.8. The number of carbonyl (C=O) groups is 2. The van der Waals surface area contributed by atoms with Gasteiger partial charge in [-0.1, -0.05) is 117 Å². The molecule has 0 saturated heterocycles. The van der Waals surface area contributed by atoms with Crippen LogP contribution in [0.15, 0.2) is 0 Å². The second-order valence-electron chi connectivity index (χ2n) is 8.14. The summed E-state index contributed by atoms with van der Waals surface area (Å²) in [6, 6.07) is 0. The third kappa shape index (κ3) is 14.5. The predicted molar refractivity (Wildman–Crippen MR) is 119 cm³/mol. The molecule has 0 unspecified atom stereocenters. The van der Waals surface area contributed by atoms with Gasteiger partial charge in [0.15, 0.2) is 5.41 Å². The molecule has 4 nitrogen and oxygen atoms in total. The third-order valence-electron chi connectivity index (χ3n) is 5.73. The Morgan fingerprint density at radius 3 is 1.04 bits per heavy atom. The fourth-order valence-electron chi connectivity index (χ4n) is 3.77. The molecule has 0 bridgehead atoms. The summed E-state index contributed by atoms with van der Waals surface area (Å²) in [4.78, 5) is 23.5. The van der Waals surface area contributed by atoms with E-state index >= 15 is 0 Å². The molecule has 0 rings (SSSR count). The van der Waals surface area contributed by atoms with Gasteiger partial charge in [0.25, 0.3) is 0 Å². The number of hydrogen-bond acceptors (Lipinski definition) is 2. The van der Waals surface area contributed by atoms with Crippen LogP contribution in [0, 0.1) is 5.41 Å². The van der Waals surface area contributed by atoms with E-state index in [1.807, 2.05) is 0 Å². The molecule has 0 amide bonds. The predicted octanol–water partition coefficient (Wildman–Crippen LogP) is 6.56. The Balaban J connectivity index is 0. The molecular weight excluding hydrogens is 379 g/mol. The van der Waals surface area contributed by atoms with Gasteiger partial charge >= 0.3 is 63.3 Å². The first-order valence-electron chi connectivity index (χ1n) is 11.5. The average Bonchev–Trinajstić information content (AvgIpc) is 2.63. The Labute approximate surface area is 216 Å². The van der Waals surface area contributed by atoms with Crippen LogP contribution in [-0.4, -0.2) is 73.5 Å². The van der Waals surface area contributed by atoms with Gasteiger partial charge in [-0.05, 0) is 12.8 Å². The van der Waals surface area contributed by atoms with Crippen molar-refractivity contribution in [2.75, 3.05) is 0 Å². The molecule has 0 aromatic carbocycles. The van der Waals surface area contributed by atoms with Crippen molar-refractivity contribution < 1.29 is 19.8 Å². The van der Waals surface area contributed by atoms with Crippen molar-refractivity contribution in [2.24, 2.45) is 5.41 Å². The van der Waals surface area contributed by atoms with E-state index in [2.05, 4.69) is 13.8 Å². The molecule has 0 aliphatic heterocycles. The normalized spacial score (nSPS) is 11.2. The van der Waals surface area contributed by atoms with Gasteiger partial charge in [0.2, 0.25) is 0 Å². The number of carboxylic acid groups (broad SMARTS) is 2. The van der Waals surface area contributed by atoms with E-state index in [1.54, 1.807) is 0 Å². The number of unbranched alkanes of at least 4 members (excludes halogenated alkanes) is 14. The van der Waals surface area contributed by atoms with Gasteiger partial charge in [-0.2, -0.15) is 0 Å². The Morgan fingerprint density at radius 1 is 0.536 bits per heavy atom. The molecule has 0 aromatic heterocycles. The molecular formula is C23H45KO4. The van der Waals surface area contributed by atoms with E-state index < -0.39 is 17.4 Å². The molecule has 0 aliphatic carbocycles. The molecule has 2 N–H and O–H groups in total. The summed E-state index contributed by atoms with van der Waals surface area (Å²) >= 11 is 0. The summed E-state index contributed by atoms with van der Waals surface area (Å²) in [6.07, 6.45) is 18.3. The maximum absolute atomic E-state index is 11.8. The zero-order valence-corrected chi connectivity index (χ0v) is 17.9. The summed E-state index contributed by atoms with van der Waals surface area (Å²) in [5.41, 5.74) is -1.58. The van der Waals surface area contributed by atoms with E-state index in [9.17, 15) is 19.8 Å². The van der Waals surface area contributed by atoms with Gasteiger partial charge in [-0.15, -0.1) is 0 Å². The van der Waals surface area contributed by atoms with Crippen LogP contribution in [0.3, 0.4) is 0 Å². The van der Waals surface area contributed by atoms with Crippen molar-refractivity contribution in [2.45, 2.75) is 129 Å². The van der Waals surface area contributed by atoms with E-state index in [1.165, 1.54) is 64.2 Å². The molecule has 28 heavy (non-hydrogen) atoms. The van der Waals surface area contributed by atoms with Crippen molar-refractivity contribution in [3.8, 4) is 0 Å². The van der Waals surface area contributed by atoms with Gasteiger partial charge in [-0.3, -0.25) is 9.59 Å². The van der Waals surface area contributed by atoms with E-state index in [4.69, 9.17) is 0 Å². The van der Waals surface area contributed by atoms with Gasteiger partial charge in [0.05, 0.1) is 0 Å². The van der Waals surface area contributed by atoms with E-state index in [0.29, 0.717) is 12.8 Å². The van der Waals surface area contributed by atoms with Crippen molar-refractivity contribution >= 4 is 63.3 Å². The fourth-order valence-corrected chi connectivity index (χ4v) is 3.77. The summed E-state index contributed by atoms with van der Waals surface area (Å²) in [7, 11) is 0. The van der Waals surface area contributed by atoms with Crippen molar-refractivity contribution in [3.05, 3.63) is 0 Å². The summed E-state index contributed by atoms with van der Waals surface area (Å²) < 4.78 is 0. The van der Waals surface area contributed by atoms with Gasteiger partial charge in [-0.25, -0.2) is 0 Å². The first-order chi connectivity index (χ1) is 13.0. The summed E-state index contributed by atoms with van der Waals surface area (Å²) in [5.74, 6) is -2.30. The second-order valence-corrected chi connectivity index (χ2v) is 8.14. The second kappa shape index (κ2) is 20.8. The van der Waals surface area contributed by atoms with E-state index in [-0.39, 0.29) is 64.2 Å². The standard InChI is InChI=1S/C23H44O4.K.H/c1-3-5-7-9-11-13-15-17-19-23(21(24)25,22(26)27)20-18-16-14-12-10-8-6-4-2;;/h3-20H2,1-2H3,(H,24,25)(H,26,27);;. The molecule has 0 aliphatic rings. The maximum atomic E-state index is 11.8. The number of rotatable bonds is 20. The Morgan fingerprint density at radius 2 is 0.786 bits per heavy atom. The minimum atomic E-state index is -1.58. The molecule has 0 atom stereocenters. The monoisotopic (exact) mass is 424 g/mol. The van der Waals surface area contributed by atoms with Crippen molar-refractivity contribution in [1.82, 2.24) is 0 Å². The Hall–Kier alpha value is 0.576. The van der Waals surface area contributed by atoms with Crippen LogP contribution < -0.4 is 0 Å². The number of hydrogen-bond donors (Lipinski definition) is 2. The fraction of sp³-hybridized carbons (Fsp3) is 0.913. The van der Waals surface area contributed by atoms with Crippen LogP contribution in [-0.2, 0) is 9.59 Å². The molecule has 0 spiro atoms. The molecule has 0 aromatic rings. The van der Waals surface area contributed by atoms with Crippen LogP contribution in [0.1, 0.15) is 129 Å². The molecule has 0 heterocycles. The number of aliphatic carboxylic acids is 2. The van der Waals surface area contributed by atoms with Crippen LogP contribution in [0.25, 0.3) is 0 Å². The minimum absolute atomic E-state index is 0. The average molecular weight is 425 g/mol. The van der Waals surface area contributed by atoms with Gasteiger partial charge in [0, 0.05) is 0 Å². The third-order valence-corrected chi connectivity index (χ3v) is 5.73. The summed E-state index contributed by atoms with van der Waals surface area (Å²) in [5, 5.41) is 19.2. The summed E-state index contributed by atoms with van der Waals surface area (Å²) in [6.45, 7) is 4.40. The van der Waals surface area contributed by atoms with Crippen LogP contribution >= 0.6 is 0 Å². The topological polar surface area (TPSA) is 74.6 Å². The Bertz CT molecular complexity index is 349. The number of carboxylic acids is 2. The first-order valence-corrected chi connectivity index (χ1v) is 11.5. The molecule has 162 valence electrons. The molecule has 5 heteroatoms. The van der Waals surface area contributed by atoms with Crippen molar-refractivity contribution in [1.29, 1.82) is 0 Å². The zero-order valence-electron chi connectivity index (χ0n) is 17.9. The van der Waals surface area contributed by atoms with E-state index in [0.717, 1.165) is 25.7 Å². The SMILES string of the molecule is CCCCCCCCCCC(CCCCCCCCCC)(C(=O)O)C(=O)O.[KH]. The molecule has 0 fully saturated rings. The van der Waals surface area contributed by atoms with Crippen molar-refractivity contribution in [3.63, 3.8) is 0 Å². The van der Waals surface area contributed by atoms with Gasteiger partial charge in [0.1, 0.15) is 0 Å². The quantitative estimate of drug-likeness (QED) is 0.132. The Kier molecular flexibility index (Phi) is 22.9. The van der Waals surface area contributed by atoms with Crippen LogP contribution in [0.4, 0.5) is 0 Å². The zero-order chi connectivity index (χ0) is 20.4. The molecule has 0 radical (unpaired) electrons. The van der Waals surface area contributed by atoms with Crippen LogP contribution in [0.2, 0.25) is 0 Å². The van der Waals surface area contributed by atoms with Crippen LogP contribution in [0.5, 0.6) is 0 Å². The molecule has 0 saturated carbocycles. The van der Waals surface area contributed by atoms with Gasteiger partial charge < -0.3 is 10.2 Å².